The van der Waals surface area contributed by atoms with Gasteiger partial charge in [-0.15, -0.1) is 0 Å². The molecule has 0 saturated heterocycles. The van der Waals surface area contributed by atoms with Crippen LogP contribution < -0.4 is 5.19 Å². The Balaban J connectivity index is 2.37. The number of hydrogen-bond donors (Lipinski definition) is 0. The zero-order chi connectivity index (χ0) is 12.5. The van der Waals surface area contributed by atoms with Crippen molar-refractivity contribution in [3.8, 4) is 0 Å². The summed E-state index contributed by atoms with van der Waals surface area (Å²) in [5, 5.41) is 3.91. The van der Waals surface area contributed by atoms with Gasteiger partial charge in [0.15, 0.2) is 0 Å². The van der Waals surface area contributed by atoms with Crippen LogP contribution in [-0.4, -0.2) is 21.4 Å². The molecule has 0 atom stereocenters. The van der Waals surface area contributed by atoms with E-state index in [4.69, 9.17) is 4.43 Å². The van der Waals surface area contributed by atoms with Gasteiger partial charge in [-0.25, -0.2) is 0 Å². The van der Waals surface area contributed by atoms with Crippen LogP contribution in [-0.2, 0) is 11.0 Å². The Morgan fingerprint density at radius 2 is 1.83 bits per heavy atom. The minimum Gasteiger partial charge on any atom is -0.415 e. The summed E-state index contributed by atoms with van der Waals surface area (Å²) in [5.41, 5.74) is 2.62. The molecule has 18 heavy (non-hydrogen) atoms. The average Bonchev–Trinajstić information content (AvgIpc) is 2.72. The van der Waals surface area contributed by atoms with Crippen LogP contribution in [0.15, 0.2) is 42.5 Å². The topological polar surface area (TPSA) is 14.2 Å². The molecule has 0 N–H and O–H groups in total. The molecule has 0 unspecified atom stereocenters. The summed E-state index contributed by atoms with van der Waals surface area (Å²) in [5.74, 6) is 0. The van der Waals surface area contributed by atoms with Gasteiger partial charge in [-0.1, -0.05) is 30.3 Å². The van der Waals surface area contributed by atoms with Crippen LogP contribution >= 0.6 is 0 Å². The van der Waals surface area contributed by atoms with Crippen LogP contribution in [0.2, 0.25) is 0 Å². The Morgan fingerprint density at radius 3 is 2.61 bits per heavy atom. The molecule has 3 heteroatoms. The molecular formula is C15H15NOSi. The van der Waals surface area contributed by atoms with Crippen LogP contribution in [0.25, 0.3) is 21.8 Å². The number of hydrogen-bond acceptors (Lipinski definition) is 1. The van der Waals surface area contributed by atoms with Crippen molar-refractivity contribution in [3.05, 3.63) is 42.5 Å². The highest BCUT2D eigenvalue weighted by molar-refractivity contribution is 6.47. The number of aromatic nitrogens is 1. The lowest BCUT2D eigenvalue weighted by atomic mass is 10.1. The SMILES string of the molecule is CCn1c2ccccc2c2cc([Si]OC)ccc21. The number of benzene rings is 2. The highest BCUT2D eigenvalue weighted by Gasteiger charge is 2.09. The zero-order valence-electron chi connectivity index (χ0n) is 10.6. The quantitative estimate of drug-likeness (QED) is 0.655. The maximum absolute atomic E-state index is 5.24. The molecular weight excluding hydrogens is 238 g/mol. The van der Waals surface area contributed by atoms with Crippen LogP contribution in [0.5, 0.6) is 0 Å². The first kappa shape index (κ1) is 11.5. The van der Waals surface area contributed by atoms with Crippen molar-refractivity contribution in [2.45, 2.75) is 13.5 Å². The maximum atomic E-state index is 5.24. The normalized spacial score (nSPS) is 11.4. The second-order valence-corrected chi connectivity index (χ2v) is 5.49. The molecule has 1 heterocycles. The molecule has 0 amide bonds. The fourth-order valence-electron chi connectivity index (χ4n) is 2.58. The van der Waals surface area contributed by atoms with Crippen LogP contribution in [0.1, 0.15) is 6.92 Å². The lowest BCUT2D eigenvalue weighted by Crippen LogP contribution is -2.15. The number of aryl methyl sites for hydroxylation is 1. The molecule has 0 aliphatic rings. The van der Waals surface area contributed by atoms with E-state index in [1.807, 2.05) is 0 Å². The van der Waals surface area contributed by atoms with E-state index in [1.54, 1.807) is 7.11 Å². The van der Waals surface area contributed by atoms with Crippen LogP contribution in [0, 0.1) is 0 Å². The third-order valence-electron chi connectivity index (χ3n) is 3.31. The molecule has 0 bridgehead atoms. The van der Waals surface area contributed by atoms with Crippen molar-refractivity contribution in [1.29, 1.82) is 0 Å². The van der Waals surface area contributed by atoms with E-state index in [9.17, 15) is 0 Å². The van der Waals surface area contributed by atoms with Gasteiger partial charge in [-0.2, -0.15) is 0 Å². The maximum Gasteiger partial charge on any atom is 0.268 e. The van der Waals surface area contributed by atoms with Crippen molar-refractivity contribution in [3.63, 3.8) is 0 Å². The molecule has 2 radical (unpaired) electrons. The van der Waals surface area contributed by atoms with Gasteiger partial charge < -0.3 is 8.99 Å². The lowest BCUT2D eigenvalue weighted by Gasteiger charge is -2.03. The van der Waals surface area contributed by atoms with Gasteiger partial charge in [-0.05, 0) is 24.2 Å². The Kier molecular flexibility index (Phi) is 2.93. The van der Waals surface area contributed by atoms with Gasteiger partial charge in [0.2, 0.25) is 0 Å². The van der Waals surface area contributed by atoms with Crippen molar-refractivity contribution in [2.24, 2.45) is 0 Å². The minimum atomic E-state index is 0.422. The van der Waals surface area contributed by atoms with E-state index >= 15 is 0 Å². The van der Waals surface area contributed by atoms with E-state index in [0.29, 0.717) is 9.76 Å². The first-order valence-electron chi connectivity index (χ1n) is 6.15. The summed E-state index contributed by atoms with van der Waals surface area (Å²) >= 11 is 0. The monoisotopic (exact) mass is 253 g/mol. The Labute approximate surface area is 109 Å². The largest absolute Gasteiger partial charge is 0.415 e. The van der Waals surface area contributed by atoms with Gasteiger partial charge >= 0.3 is 0 Å². The third kappa shape index (κ3) is 1.67. The molecule has 3 aromatic rings. The predicted octanol–water partition coefficient (Wildman–Crippen LogP) is 2.71. The van der Waals surface area contributed by atoms with Gasteiger partial charge in [0.25, 0.3) is 9.76 Å². The van der Waals surface area contributed by atoms with E-state index in [1.165, 1.54) is 27.0 Å². The molecule has 0 aliphatic heterocycles. The van der Waals surface area contributed by atoms with E-state index in [-0.39, 0.29) is 0 Å². The smallest absolute Gasteiger partial charge is 0.268 e. The first-order valence-corrected chi connectivity index (χ1v) is 7.06. The fraction of sp³-hybridized carbons (Fsp3) is 0.200. The second-order valence-electron chi connectivity index (χ2n) is 4.30. The van der Waals surface area contributed by atoms with E-state index < -0.39 is 0 Å². The number of para-hydroxylation sites is 1. The molecule has 1 aromatic heterocycles. The third-order valence-corrected chi connectivity index (χ3v) is 4.06. The predicted molar refractivity (Wildman–Crippen MR) is 77.5 cm³/mol. The lowest BCUT2D eigenvalue weighted by molar-refractivity contribution is 0.450. The summed E-state index contributed by atoms with van der Waals surface area (Å²) in [4.78, 5) is 0. The highest BCUT2D eigenvalue weighted by Crippen LogP contribution is 2.27. The number of nitrogens with zero attached hydrogens (tertiary/aromatic N) is 1. The summed E-state index contributed by atoms with van der Waals surface area (Å²) in [6.45, 7) is 3.19. The highest BCUT2D eigenvalue weighted by atomic mass is 28.2. The summed E-state index contributed by atoms with van der Waals surface area (Å²) in [6.07, 6.45) is 0. The fourth-order valence-corrected chi connectivity index (χ4v) is 3.17. The van der Waals surface area contributed by atoms with E-state index in [2.05, 4.69) is 54.0 Å². The summed E-state index contributed by atoms with van der Waals surface area (Å²) in [6, 6.07) is 15.2. The zero-order valence-corrected chi connectivity index (χ0v) is 11.6. The molecule has 0 spiro atoms. The van der Waals surface area contributed by atoms with Gasteiger partial charge in [0.1, 0.15) is 0 Å². The molecule has 90 valence electrons. The summed E-state index contributed by atoms with van der Waals surface area (Å²) in [7, 11) is 2.17. The molecule has 0 aliphatic carbocycles. The summed E-state index contributed by atoms with van der Waals surface area (Å²) < 4.78 is 7.61. The molecule has 0 fully saturated rings. The Morgan fingerprint density at radius 1 is 1.06 bits per heavy atom. The molecule has 0 saturated carbocycles. The van der Waals surface area contributed by atoms with Crippen LogP contribution in [0.3, 0.4) is 0 Å². The second kappa shape index (κ2) is 4.59. The Bertz CT molecular complexity index is 702. The van der Waals surface area contributed by atoms with Crippen molar-refractivity contribution in [1.82, 2.24) is 4.57 Å². The van der Waals surface area contributed by atoms with Gasteiger partial charge in [0, 0.05) is 35.5 Å². The molecule has 2 aromatic carbocycles. The number of rotatable bonds is 3. The van der Waals surface area contributed by atoms with E-state index in [0.717, 1.165) is 6.54 Å². The molecule has 3 rings (SSSR count). The van der Waals surface area contributed by atoms with Gasteiger partial charge in [-0.3, -0.25) is 0 Å². The number of fused-ring (bicyclic) bond motifs is 3. The van der Waals surface area contributed by atoms with Crippen LogP contribution in [0.4, 0.5) is 0 Å². The van der Waals surface area contributed by atoms with Crippen molar-refractivity contribution >= 4 is 36.8 Å². The Hall–Kier alpha value is -1.58. The van der Waals surface area contributed by atoms with Gasteiger partial charge in [0.05, 0.1) is 0 Å². The standard InChI is InChI=1S/C15H15NOSi/c1-3-16-14-7-5-4-6-12(14)13-10-11(18-17-2)8-9-15(13)16/h4-10H,3H2,1-2H3. The minimum absolute atomic E-state index is 0.422. The average molecular weight is 253 g/mol. The first-order chi connectivity index (χ1) is 8.85. The van der Waals surface area contributed by atoms with Crippen molar-refractivity contribution in [2.75, 3.05) is 7.11 Å². The molecule has 2 nitrogen and oxygen atoms in total. The van der Waals surface area contributed by atoms with Crippen molar-refractivity contribution < 1.29 is 4.43 Å².